The number of para-hydroxylation sites is 1. The van der Waals surface area contributed by atoms with Gasteiger partial charge in [0, 0.05) is 42.1 Å². The van der Waals surface area contributed by atoms with Crippen LogP contribution in [0.5, 0.6) is 5.75 Å². The van der Waals surface area contributed by atoms with Crippen LogP contribution in [0.25, 0.3) is 10.9 Å². The Balaban J connectivity index is 0.000000238. The van der Waals surface area contributed by atoms with Gasteiger partial charge in [0.2, 0.25) is 0 Å². The van der Waals surface area contributed by atoms with E-state index < -0.39 is 0 Å². The first-order valence-corrected chi connectivity index (χ1v) is 17.5. The van der Waals surface area contributed by atoms with E-state index in [0.29, 0.717) is 35.5 Å². The second kappa shape index (κ2) is 19.5. The van der Waals surface area contributed by atoms with Crippen LogP contribution in [-0.4, -0.2) is 20.7 Å². The predicted octanol–water partition coefficient (Wildman–Crippen LogP) is 11.2. The molecule has 0 aliphatic rings. The summed E-state index contributed by atoms with van der Waals surface area (Å²) in [5.41, 5.74) is 5.64. The van der Waals surface area contributed by atoms with Gasteiger partial charge in [-0.1, -0.05) is 113 Å². The molecule has 0 saturated heterocycles. The lowest BCUT2D eigenvalue weighted by Gasteiger charge is -2.11. The summed E-state index contributed by atoms with van der Waals surface area (Å²) in [5, 5.41) is 1.43. The van der Waals surface area contributed by atoms with E-state index in [0.717, 1.165) is 38.3 Å². The molecule has 0 saturated carbocycles. The van der Waals surface area contributed by atoms with E-state index in [1.54, 1.807) is 0 Å². The molecular weight excluding hydrogens is 550 g/mol. The first kappa shape index (κ1) is 38.2. The average Bonchev–Trinajstić information content (AvgIpc) is 3.51. The maximum Gasteiger partial charge on any atom is 0.119 e. The minimum absolute atomic E-state index is 0.584. The quantitative estimate of drug-likeness (QED) is 0.150. The summed E-state index contributed by atoms with van der Waals surface area (Å²) in [6.45, 7) is 29.9. The van der Waals surface area contributed by atoms with Gasteiger partial charge in [-0.05, 0) is 84.1 Å². The van der Waals surface area contributed by atoms with Crippen molar-refractivity contribution in [1.29, 1.82) is 0 Å². The molecule has 4 aromatic rings. The molecule has 0 unspecified atom stereocenters. The standard InChI is InChI=1S/C16H23N.C14H22O.C11H20N2/c1-12(2)9-14-11-17(10-13(3)4)16-8-6-5-7-15(14)16;1-11(2)9-13-5-7-14(8-6-13)15-10-12(3)4;1-9(2)5-11-6-12-8-13(11)7-10(3)4/h5-8,11-13H,9-10H2,1-4H3;5-8,11-12H,9-10H2,1-4H3;6,8-10H,5,7H2,1-4H3. The summed E-state index contributed by atoms with van der Waals surface area (Å²) in [6, 6.07) is 17.2. The van der Waals surface area contributed by atoms with Gasteiger partial charge in [0.25, 0.3) is 0 Å². The average molecular weight is 616 g/mol. The number of hydrogen-bond donors (Lipinski definition) is 0. The minimum Gasteiger partial charge on any atom is -0.493 e. The van der Waals surface area contributed by atoms with E-state index in [1.165, 1.54) is 34.1 Å². The predicted molar refractivity (Wildman–Crippen MR) is 196 cm³/mol. The van der Waals surface area contributed by atoms with E-state index in [2.05, 4.69) is 152 Å². The Kier molecular flexibility index (Phi) is 16.5. The number of aromatic nitrogens is 3. The van der Waals surface area contributed by atoms with Gasteiger partial charge in [0.05, 0.1) is 12.9 Å². The van der Waals surface area contributed by atoms with Crippen LogP contribution < -0.4 is 4.74 Å². The molecule has 0 bridgehead atoms. The summed E-state index contributed by atoms with van der Waals surface area (Å²) < 4.78 is 10.3. The molecule has 0 radical (unpaired) electrons. The fourth-order valence-electron chi connectivity index (χ4n) is 5.42. The molecular formula is C41H65N3O. The SMILES string of the molecule is CC(C)COc1ccc(CC(C)C)cc1.CC(C)Cc1cn(CC(C)C)c2ccccc12.CC(C)Cc1cncn1CC(C)C. The number of imidazole rings is 1. The number of nitrogens with zero attached hydrogens (tertiary/aromatic N) is 3. The van der Waals surface area contributed by atoms with Crippen molar-refractivity contribution in [3.8, 4) is 5.75 Å². The molecule has 45 heavy (non-hydrogen) atoms. The van der Waals surface area contributed by atoms with Gasteiger partial charge in [0.1, 0.15) is 5.75 Å². The van der Waals surface area contributed by atoms with Crippen LogP contribution in [0.15, 0.2) is 67.3 Å². The Hall–Kier alpha value is -3.01. The van der Waals surface area contributed by atoms with Gasteiger partial charge in [-0.3, -0.25) is 0 Å². The molecule has 2 aromatic heterocycles. The Bertz CT molecular complexity index is 1270. The topological polar surface area (TPSA) is 32.0 Å². The fraction of sp³-hybridized carbons (Fsp3) is 0.585. The van der Waals surface area contributed by atoms with Crippen molar-refractivity contribution in [1.82, 2.24) is 14.1 Å². The molecule has 4 nitrogen and oxygen atoms in total. The summed E-state index contributed by atoms with van der Waals surface area (Å²) in [4.78, 5) is 4.19. The monoisotopic (exact) mass is 616 g/mol. The van der Waals surface area contributed by atoms with E-state index in [9.17, 15) is 0 Å². The second-order valence-electron chi connectivity index (χ2n) is 15.3. The van der Waals surface area contributed by atoms with Gasteiger partial charge >= 0.3 is 0 Å². The highest BCUT2D eigenvalue weighted by Gasteiger charge is 2.10. The molecule has 4 rings (SSSR count). The molecule has 0 aliphatic carbocycles. The van der Waals surface area contributed by atoms with Crippen LogP contribution in [0.4, 0.5) is 0 Å². The van der Waals surface area contributed by atoms with Crippen molar-refractivity contribution < 1.29 is 4.74 Å². The zero-order valence-corrected chi connectivity index (χ0v) is 30.8. The molecule has 0 fully saturated rings. The lowest BCUT2D eigenvalue weighted by molar-refractivity contribution is 0.271. The lowest BCUT2D eigenvalue weighted by Crippen LogP contribution is -2.08. The highest BCUT2D eigenvalue weighted by atomic mass is 16.5. The van der Waals surface area contributed by atoms with Gasteiger partial charge in [-0.2, -0.15) is 0 Å². The zero-order chi connectivity index (χ0) is 33.5. The fourth-order valence-corrected chi connectivity index (χ4v) is 5.42. The summed E-state index contributed by atoms with van der Waals surface area (Å²) in [7, 11) is 0. The van der Waals surface area contributed by atoms with Crippen LogP contribution >= 0.6 is 0 Å². The van der Waals surface area contributed by atoms with E-state index in [1.807, 2.05) is 12.5 Å². The van der Waals surface area contributed by atoms with Crippen LogP contribution in [0, 0.1) is 35.5 Å². The molecule has 2 aromatic carbocycles. The molecule has 250 valence electrons. The van der Waals surface area contributed by atoms with Crippen LogP contribution in [0.2, 0.25) is 0 Å². The van der Waals surface area contributed by atoms with Crippen molar-refractivity contribution in [2.24, 2.45) is 35.5 Å². The van der Waals surface area contributed by atoms with Gasteiger partial charge in [0.15, 0.2) is 0 Å². The van der Waals surface area contributed by atoms with E-state index >= 15 is 0 Å². The summed E-state index contributed by atoms with van der Waals surface area (Å²) >= 11 is 0. The third-order valence-corrected chi connectivity index (χ3v) is 7.19. The molecule has 0 spiro atoms. The first-order valence-electron chi connectivity index (χ1n) is 17.5. The van der Waals surface area contributed by atoms with Crippen molar-refractivity contribution in [3.05, 3.63) is 84.1 Å². The third-order valence-electron chi connectivity index (χ3n) is 7.19. The van der Waals surface area contributed by atoms with Crippen molar-refractivity contribution in [2.45, 2.75) is 115 Å². The number of fused-ring (bicyclic) bond motifs is 1. The summed E-state index contributed by atoms with van der Waals surface area (Å²) in [5.74, 6) is 5.10. The Labute approximate surface area is 276 Å². The highest BCUT2D eigenvalue weighted by molar-refractivity contribution is 5.84. The van der Waals surface area contributed by atoms with Crippen LogP contribution in [0.3, 0.4) is 0 Å². The van der Waals surface area contributed by atoms with Crippen LogP contribution in [0.1, 0.15) is 99.9 Å². The van der Waals surface area contributed by atoms with Gasteiger partial charge < -0.3 is 13.9 Å². The smallest absolute Gasteiger partial charge is 0.119 e. The van der Waals surface area contributed by atoms with Crippen molar-refractivity contribution in [3.63, 3.8) is 0 Å². The van der Waals surface area contributed by atoms with E-state index in [-0.39, 0.29) is 0 Å². The van der Waals surface area contributed by atoms with E-state index in [4.69, 9.17) is 4.74 Å². The Morgan fingerprint density at radius 2 is 1.18 bits per heavy atom. The molecule has 4 heteroatoms. The molecule has 0 N–H and O–H groups in total. The molecule has 0 amide bonds. The zero-order valence-electron chi connectivity index (χ0n) is 30.8. The number of benzene rings is 2. The molecule has 0 aliphatic heterocycles. The first-order chi connectivity index (χ1) is 21.2. The maximum absolute atomic E-state index is 5.63. The normalized spacial score (nSPS) is 11.5. The maximum atomic E-state index is 5.63. The number of ether oxygens (including phenoxy) is 1. The van der Waals surface area contributed by atoms with Gasteiger partial charge in [-0.15, -0.1) is 0 Å². The Morgan fingerprint density at radius 3 is 1.73 bits per heavy atom. The molecule has 2 heterocycles. The minimum atomic E-state index is 0.584. The van der Waals surface area contributed by atoms with Crippen LogP contribution in [-0.2, 0) is 32.4 Å². The number of hydrogen-bond acceptors (Lipinski definition) is 2. The van der Waals surface area contributed by atoms with Gasteiger partial charge in [-0.25, -0.2) is 4.98 Å². The largest absolute Gasteiger partial charge is 0.493 e. The third kappa shape index (κ3) is 14.8. The Morgan fingerprint density at radius 1 is 0.600 bits per heavy atom. The summed E-state index contributed by atoms with van der Waals surface area (Å²) in [6.07, 6.45) is 9.73. The lowest BCUT2D eigenvalue weighted by atomic mass is 10.0. The highest BCUT2D eigenvalue weighted by Crippen LogP contribution is 2.24. The number of rotatable bonds is 13. The second-order valence-corrected chi connectivity index (χ2v) is 15.3. The van der Waals surface area contributed by atoms with Crippen molar-refractivity contribution >= 4 is 10.9 Å². The molecule has 0 atom stereocenters. The van der Waals surface area contributed by atoms with Crippen molar-refractivity contribution in [2.75, 3.05) is 6.61 Å².